The molecule has 3 heterocycles. The molecule has 3 aromatic rings. The zero-order valence-corrected chi connectivity index (χ0v) is 16.3. The standard InChI is InChI=1S/C19H24BN9/c1-12-8-22-11-25-18-13(20)9-26-29(18)19(23-7-6-14(12)21)24-10-17-27-15-4-2-3-5-16(15)28-17/h2-5,9,11-12,14H,6-8,10,21H2,1H3,(H,22,25)(H,23,24)(H,27,28). The number of imidazole rings is 1. The summed E-state index contributed by atoms with van der Waals surface area (Å²) in [5.41, 5.74) is 8.70. The Labute approximate surface area is 170 Å². The summed E-state index contributed by atoms with van der Waals surface area (Å²) in [4.78, 5) is 17.0. The SMILES string of the molecule is [B]c1cnn2c1NC=NCC(C)C(N)CCN=C2NCc1nc2ccccc2[nH]1. The molecule has 148 valence electrons. The van der Waals surface area contributed by atoms with E-state index in [-0.39, 0.29) is 12.0 Å². The van der Waals surface area contributed by atoms with Crippen LogP contribution in [0.25, 0.3) is 11.0 Å². The van der Waals surface area contributed by atoms with E-state index in [2.05, 4.69) is 37.6 Å². The van der Waals surface area contributed by atoms with E-state index in [0.717, 1.165) is 23.3 Å². The molecule has 0 saturated heterocycles. The molecule has 2 radical (unpaired) electrons. The number of benzene rings is 1. The molecule has 2 aromatic heterocycles. The Hall–Kier alpha value is -3.14. The number of hydrogen-bond donors (Lipinski definition) is 4. The molecule has 29 heavy (non-hydrogen) atoms. The van der Waals surface area contributed by atoms with Gasteiger partial charge in [-0.3, -0.25) is 9.98 Å². The fourth-order valence-electron chi connectivity index (χ4n) is 3.18. The number of H-pyrrole nitrogens is 1. The van der Waals surface area contributed by atoms with Crippen LogP contribution in [0.15, 0.2) is 40.4 Å². The van der Waals surface area contributed by atoms with Gasteiger partial charge in [0.05, 0.1) is 23.9 Å². The molecule has 1 aliphatic rings. The van der Waals surface area contributed by atoms with Crippen LogP contribution in [0, 0.1) is 5.92 Å². The Balaban J connectivity index is 1.59. The molecule has 0 amide bonds. The van der Waals surface area contributed by atoms with Crippen molar-refractivity contribution in [3.05, 3.63) is 36.3 Å². The van der Waals surface area contributed by atoms with E-state index in [0.29, 0.717) is 36.9 Å². The molecule has 0 bridgehead atoms. The van der Waals surface area contributed by atoms with Gasteiger partial charge < -0.3 is 21.4 Å². The maximum Gasteiger partial charge on any atom is 0.221 e. The summed E-state index contributed by atoms with van der Waals surface area (Å²) < 4.78 is 1.64. The molecule has 10 heteroatoms. The van der Waals surface area contributed by atoms with Crippen molar-refractivity contribution >= 4 is 42.5 Å². The summed E-state index contributed by atoms with van der Waals surface area (Å²) >= 11 is 0. The van der Waals surface area contributed by atoms with E-state index in [1.165, 1.54) is 0 Å². The molecule has 2 atom stereocenters. The number of fused-ring (bicyclic) bond motifs is 2. The molecule has 1 aliphatic heterocycles. The first-order valence-electron chi connectivity index (χ1n) is 9.68. The minimum absolute atomic E-state index is 0.0223. The minimum atomic E-state index is 0.0223. The lowest BCUT2D eigenvalue weighted by atomic mass is 10.00. The topological polar surface area (TPSA) is 121 Å². The number of nitrogens with two attached hydrogens (primary N) is 1. The van der Waals surface area contributed by atoms with Crippen molar-refractivity contribution in [2.24, 2.45) is 21.6 Å². The van der Waals surface area contributed by atoms with Crippen molar-refractivity contribution in [2.75, 3.05) is 18.4 Å². The van der Waals surface area contributed by atoms with Crippen molar-refractivity contribution in [3.8, 4) is 0 Å². The number of nitrogens with zero attached hydrogens (tertiary/aromatic N) is 5. The monoisotopic (exact) mass is 389 g/mol. The highest BCUT2D eigenvalue weighted by atomic mass is 15.4. The fraction of sp³-hybridized carbons (Fsp3) is 0.368. The maximum absolute atomic E-state index is 6.27. The predicted octanol–water partition coefficient (Wildman–Crippen LogP) is 0.354. The number of hydrogen-bond acceptors (Lipinski definition) is 7. The van der Waals surface area contributed by atoms with Gasteiger partial charge >= 0.3 is 0 Å². The van der Waals surface area contributed by atoms with E-state index in [1.54, 1.807) is 17.2 Å². The van der Waals surface area contributed by atoms with Gasteiger partial charge in [0.25, 0.3) is 0 Å². The van der Waals surface area contributed by atoms with Gasteiger partial charge in [0.1, 0.15) is 19.5 Å². The quantitative estimate of drug-likeness (QED) is 0.472. The van der Waals surface area contributed by atoms with Gasteiger partial charge in [-0.2, -0.15) is 9.78 Å². The first kappa shape index (κ1) is 19.2. The third-order valence-corrected chi connectivity index (χ3v) is 4.99. The Morgan fingerprint density at radius 3 is 3.07 bits per heavy atom. The van der Waals surface area contributed by atoms with Crippen LogP contribution in [0.4, 0.5) is 5.82 Å². The Morgan fingerprint density at radius 1 is 1.34 bits per heavy atom. The highest BCUT2D eigenvalue weighted by Gasteiger charge is 2.16. The number of para-hydroxylation sites is 2. The zero-order chi connectivity index (χ0) is 20.2. The first-order chi connectivity index (χ1) is 14.1. The van der Waals surface area contributed by atoms with Crippen molar-refractivity contribution in [3.63, 3.8) is 0 Å². The van der Waals surface area contributed by atoms with Crippen molar-refractivity contribution in [2.45, 2.75) is 25.9 Å². The Morgan fingerprint density at radius 2 is 2.21 bits per heavy atom. The van der Waals surface area contributed by atoms with Crippen molar-refractivity contribution in [1.29, 1.82) is 0 Å². The van der Waals surface area contributed by atoms with Crippen LogP contribution < -0.4 is 21.8 Å². The van der Waals surface area contributed by atoms with Gasteiger partial charge in [0.15, 0.2) is 0 Å². The molecule has 0 saturated carbocycles. The number of nitrogens with one attached hydrogen (secondary N) is 3. The zero-order valence-electron chi connectivity index (χ0n) is 16.3. The number of aromatic amines is 1. The van der Waals surface area contributed by atoms with Gasteiger partial charge in [-0.25, -0.2) is 4.98 Å². The average molecular weight is 389 g/mol. The van der Waals surface area contributed by atoms with Crippen molar-refractivity contribution < 1.29 is 0 Å². The van der Waals surface area contributed by atoms with Crippen LogP contribution in [0.5, 0.6) is 0 Å². The number of aromatic nitrogens is 4. The van der Waals surface area contributed by atoms with Crippen molar-refractivity contribution in [1.82, 2.24) is 25.1 Å². The van der Waals surface area contributed by atoms with Crippen LogP contribution >= 0.6 is 0 Å². The highest BCUT2D eigenvalue weighted by Crippen LogP contribution is 2.11. The lowest BCUT2D eigenvalue weighted by Gasteiger charge is -2.19. The van der Waals surface area contributed by atoms with Crippen LogP contribution in [0.3, 0.4) is 0 Å². The second-order valence-corrected chi connectivity index (χ2v) is 7.19. The van der Waals surface area contributed by atoms with Crippen LogP contribution in [0.2, 0.25) is 0 Å². The summed E-state index contributed by atoms with van der Waals surface area (Å²) in [5.74, 6) is 2.25. The van der Waals surface area contributed by atoms with E-state index >= 15 is 0 Å². The van der Waals surface area contributed by atoms with Crippen LogP contribution in [0.1, 0.15) is 19.2 Å². The van der Waals surface area contributed by atoms with E-state index in [1.807, 2.05) is 24.3 Å². The molecule has 2 unspecified atom stereocenters. The molecule has 0 spiro atoms. The summed E-state index contributed by atoms with van der Waals surface area (Å²) in [7, 11) is 6.08. The predicted molar refractivity (Wildman–Crippen MR) is 117 cm³/mol. The number of anilines is 1. The van der Waals surface area contributed by atoms with Gasteiger partial charge in [-0.05, 0) is 29.9 Å². The molecule has 5 N–H and O–H groups in total. The van der Waals surface area contributed by atoms with E-state index in [9.17, 15) is 0 Å². The summed E-state index contributed by atoms with van der Waals surface area (Å²) in [5, 5.41) is 10.8. The molecular formula is C19H24BN9. The molecular weight excluding hydrogens is 365 g/mol. The molecule has 0 aliphatic carbocycles. The molecule has 4 rings (SSSR count). The van der Waals surface area contributed by atoms with E-state index < -0.39 is 0 Å². The average Bonchev–Trinajstić information content (AvgIpc) is 3.29. The van der Waals surface area contributed by atoms with Gasteiger partial charge in [-0.1, -0.05) is 19.1 Å². The second-order valence-electron chi connectivity index (χ2n) is 7.19. The number of aliphatic imine (C=N–C) groups is 2. The number of rotatable bonds is 2. The molecule has 9 nitrogen and oxygen atoms in total. The van der Waals surface area contributed by atoms with E-state index in [4.69, 9.17) is 18.6 Å². The van der Waals surface area contributed by atoms with Crippen LogP contribution in [-0.2, 0) is 6.54 Å². The first-order valence-corrected chi connectivity index (χ1v) is 9.68. The molecule has 1 aromatic carbocycles. The van der Waals surface area contributed by atoms with Crippen LogP contribution in [-0.4, -0.2) is 59.0 Å². The minimum Gasteiger partial charge on any atom is -0.347 e. The van der Waals surface area contributed by atoms with Gasteiger partial charge in [-0.15, -0.1) is 0 Å². The van der Waals surface area contributed by atoms with Gasteiger partial charge in [0, 0.05) is 25.3 Å². The third kappa shape index (κ3) is 4.32. The lowest BCUT2D eigenvalue weighted by molar-refractivity contribution is 0.445. The third-order valence-electron chi connectivity index (χ3n) is 4.99. The largest absolute Gasteiger partial charge is 0.347 e. The second kappa shape index (κ2) is 8.48. The summed E-state index contributed by atoms with van der Waals surface area (Å²) in [6.07, 6.45) is 3.97. The fourth-order valence-corrected chi connectivity index (χ4v) is 3.18. The summed E-state index contributed by atoms with van der Waals surface area (Å²) in [6.45, 7) is 3.76. The lowest BCUT2D eigenvalue weighted by Crippen LogP contribution is -2.35. The normalized spacial score (nSPS) is 20.3. The maximum atomic E-state index is 6.27. The van der Waals surface area contributed by atoms with Gasteiger partial charge in [0.2, 0.25) is 5.96 Å². The Kier molecular flexibility index (Phi) is 5.61. The smallest absolute Gasteiger partial charge is 0.221 e. The summed E-state index contributed by atoms with van der Waals surface area (Å²) in [6, 6.07) is 7.94. The Bertz CT molecular complexity index is 1000. The highest BCUT2D eigenvalue weighted by molar-refractivity contribution is 6.36. The molecule has 0 fully saturated rings.